The highest BCUT2D eigenvalue weighted by molar-refractivity contribution is 14.1. The first-order valence-electron chi connectivity index (χ1n) is 5.58. The molecule has 4 nitrogen and oxygen atoms in total. The lowest BCUT2D eigenvalue weighted by Crippen LogP contribution is -2.33. The Balaban J connectivity index is 4.42. The van der Waals surface area contributed by atoms with Crippen LogP contribution < -0.4 is 0 Å². The van der Waals surface area contributed by atoms with E-state index >= 15 is 0 Å². The van der Waals surface area contributed by atoms with E-state index in [0.29, 0.717) is 12.8 Å². The summed E-state index contributed by atoms with van der Waals surface area (Å²) in [4.78, 5) is 22.8. The number of rotatable bonds is 7. The van der Waals surface area contributed by atoms with Crippen LogP contribution in [0.15, 0.2) is 0 Å². The van der Waals surface area contributed by atoms with Crippen molar-refractivity contribution in [2.75, 3.05) is 0 Å². The van der Waals surface area contributed by atoms with E-state index in [9.17, 15) is 9.59 Å². The highest BCUT2D eigenvalue weighted by Crippen LogP contribution is 2.17. The number of carbonyl (C=O) groups excluding carboxylic acids is 2. The molecule has 0 aromatic rings. The van der Waals surface area contributed by atoms with E-state index in [4.69, 9.17) is 4.74 Å². The van der Waals surface area contributed by atoms with Crippen molar-refractivity contribution in [3.8, 4) is 0 Å². The Kier molecular flexibility index (Phi) is 8.60. The number of hydrogen-bond acceptors (Lipinski definition) is 4. The van der Waals surface area contributed by atoms with Crippen molar-refractivity contribution in [3.63, 3.8) is 0 Å². The first kappa shape index (κ1) is 15.7. The predicted octanol–water partition coefficient (Wildman–Crippen LogP) is 3.03. The van der Waals surface area contributed by atoms with E-state index in [1.54, 1.807) is 0 Å². The lowest BCUT2D eigenvalue weighted by atomic mass is 9.99. The Bertz CT molecular complexity index is 230. The van der Waals surface area contributed by atoms with Crippen LogP contribution in [0, 0.1) is 5.92 Å². The van der Waals surface area contributed by atoms with Crippen molar-refractivity contribution >= 4 is 34.9 Å². The normalized spacial score (nSPS) is 14.0. The summed E-state index contributed by atoms with van der Waals surface area (Å²) in [5.74, 6) is -0.823. The maximum atomic E-state index is 11.5. The summed E-state index contributed by atoms with van der Waals surface area (Å²) in [7, 11) is 0. The van der Waals surface area contributed by atoms with Crippen molar-refractivity contribution < 1.29 is 17.4 Å². The van der Waals surface area contributed by atoms with E-state index in [1.165, 1.54) is 23.0 Å². The largest absolute Gasteiger partial charge is 0.450 e. The Morgan fingerprint density at radius 2 is 1.88 bits per heavy atom. The van der Waals surface area contributed by atoms with E-state index in [-0.39, 0.29) is 11.9 Å². The monoisotopic (exact) mass is 342 g/mol. The second kappa shape index (κ2) is 8.78. The Morgan fingerprint density at radius 1 is 1.25 bits per heavy atom. The van der Waals surface area contributed by atoms with Gasteiger partial charge < -0.3 is 7.80 Å². The summed E-state index contributed by atoms with van der Waals surface area (Å²) < 4.78 is 9.75. The predicted molar refractivity (Wildman–Crippen MR) is 69.0 cm³/mol. The number of esters is 1. The maximum Gasteiger partial charge on any atom is 0.357 e. The van der Waals surface area contributed by atoms with Crippen molar-refractivity contribution in [2.45, 2.75) is 52.6 Å². The molecule has 0 radical (unpaired) electrons. The molecular formula is C11H19IO4. The van der Waals surface area contributed by atoms with Crippen LogP contribution in [-0.2, 0) is 17.4 Å². The molecule has 0 bridgehead atoms. The second-order valence-corrected chi connectivity index (χ2v) is 4.26. The fourth-order valence-electron chi connectivity index (χ4n) is 1.45. The van der Waals surface area contributed by atoms with Gasteiger partial charge in [0.15, 0.2) is 23.0 Å². The Morgan fingerprint density at radius 3 is 2.31 bits per heavy atom. The maximum absolute atomic E-state index is 11.5. The molecule has 0 heterocycles. The highest BCUT2D eigenvalue weighted by Gasteiger charge is 2.29. The first-order chi connectivity index (χ1) is 7.56. The third-order valence-corrected chi connectivity index (χ3v) is 2.72. The Hall–Kier alpha value is -0.330. The van der Waals surface area contributed by atoms with Crippen LogP contribution in [-0.4, -0.2) is 18.0 Å². The van der Waals surface area contributed by atoms with E-state index in [1.807, 2.05) is 20.8 Å². The third kappa shape index (κ3) is 5.67. The minimum Gasteiger partial charge on any atom is -0.450 e. The van der Waals surface area contributed by atoms with Gasteiger partial charge in [-0.2, -0.15) is 0 Å². The van der Waals surface area contributed by atoms with Gasteiger partial charge in [-0.15, -0.1) is 0 Å². The standard InChI is InChI=1S/C11H19IO4/c1-4-6-8(3)10(11(14)16-12)15-9(13)7-5-2/h8,10H,4-7H2,1-3H3. The van der Waals surface area contributed by atoms with Gasteiger partial charge in [-0.1, -0.05) is 27.2 Å². The molecule has 0 saturated heterocycles. The van der Waals surface area contributed by atoms with Gasteiger partial charge in [-0.05, 0) is 12.8 Å². The first-order valence-corrected chi connectivity index (χ1v) is 6.46. The average Bonchev–Trinajstić information content (AvgIpc) is 2.25. The van der Waals surface area contributed by atoms with Crippen molar-refractivity contribution in [3.05, 3.63) is 0 Å². The molecule has 2 unspecified atom stereocenters. The highest BCUT2D eigenvalue weighted by atomic mass is 127. The number of ether oxygens (including phenoxy) is 1. The minimum absolute atomic E-state index is 0.00641. The smallest absolute Gasteiger partial charge is 0.357 e. The second-order valence-electron chi connectivity index (χ2n) is 3.82. The van der Waals surface area contributed by atoms with E-state index in [0.717, 1.165) is 12.8 Å². The molecule has 5 heteroatoms. The summed E-state index contributed by atoms with van der Waals surface area (Å²) in [6.45, 7) is 5.81. The van der Waals surface area contributed by atoms with E-state index in [2.05, 4.69) is 3.07 Å². The summed E-state index contributed by atoms with van der Waals surface area (Å²) in [6.07, 6.45) is 2.06. The van der Waals surface area contributed by atoms with Crippen LogP contribution in [0.4, 0.5) is 0 Å². The summed E-state index contributed by atoms with van der Waals surface area (Å²) >= 11 is 1.52. The molecular weight excluding hydrogens is 323 g/mol. The molecule has 0 rings (SSSR count). The zero-order valence-electron chi connectivity index (χ0n) is 9.99. The number of carbonyl (C=O) groups is 2. The molecule has 0 aromatic carbocycles. The van der Waals surface area contributed by atoms with Gasteiger partial charge in [0, 0.05) is 12.3 Å². The SMILES string of the molecule is CCCC(=O)OC(C(=O)OI)C(C)CCC. The fraction of sp³-hybridized carbons (Fsp3) is 0.818. The lowest BCUT2D eigenvalue weighted by molar-refractivity contribution is -0.164. The fourth-order valence-corrected chi connectivity index (χ4v) is 1.70. The third-order valence-electron chi connectivity index (χ3n) is 2.28. The molecule has 0 aliphatic rings. The molecule has 94 valence electrons. The molecule has 0 aromatic heterocycles. The average molecular weight is 342 g/mol. The molecule has 0 fully saturated rings. The van der Waals surface area contributed by atoms with Crippen LogP contribution in [0.5, 0.6) is 0 Å². The topological polar surface area (TPSA) is 52.6 Å². The van der Waals surface area contributed by atoms with Crippen LogP contribution in [0.25, 0.3) is 0 Å². The van der Waals surface area contributed by atoms with Crippen molar-refractivity contribution in [2.24, 2.45) is 5.92 Å². The molecule has 0 spiro atoms. The van der Waals surface area contributed by atoms with Gasteiger partial charge in [0.2, 0.25) is 6.10 Å². The van der Waals surface area contributed by atoms with Crippen LogP contribution in [0.2, 0.25) is 0 Å². The quantitative estimate of drug-likeness (QED) is 0.527. The molecule has 2 atom stereocenters. The zero-order valence-corrected chi connectivity index (χ0v) is 12.2. The summed E-state index contributed by atoms with van der Waals surface area (Å²) in [6, 6.07) is 0. The minimum atomic E-state index is -0.768. The van der Waals surface area contributed by atoms with Gasteiger partial charge in [0.1, 0.15) is 0 Å². The molecule has 0 aliphatic heterocycles. The van der Waals surface area contributed by atoms with Crippen LogP contribution in [0.3, 0.4) is 0 Å². The molecule has 0 saturated carbocycles. The zero-order chi connectivity index (χ0) is 12.6. The molecule has 16 heavy (non-hydrogen) atoms. The van der Waals surface area contributed by atoms with E-state index < -0.39 is 12.1 Å². The summed E-state index contributed by atoms with van der Waals surface area (Å²) in [5.41, 5.74) is 0. The number of halogens is 1. The van der Waals surface area contributed by atoms with Gasteiger partial charge >= 0.3 is 11.9 Å². The van der Waals surface area contributed by atoms with Crippen molar-refractivity contribution in [1.82, 2.24) is 0 Å². The van der Waals surface area contributed by atoms with Crippen LogP contribution in [0.1, 0.15) is 46.5 Å². The molecule has 0 aliphatic carbocycles. The van der Waals surface area contributed by atoms with Gasteiger partial charge in [0.05, 0.1) is 0 Å². The lowest BCUT2D eigenvalue weighted by Gasteiger charge is -2.20. The Labute approximate surface area is 111 Å². The molecule has 0 amide bonds. The van der Waals surface area contributed by atoms with Gasteiger partial charge in [-0.25, -0.2) is 4.79 Å². The van der Waals surface area contributed by atoms with Crippen molar-refractivity contribution in [1.29, 1.82) is 0 Å². The van der Waals surface area contributed by atoms with Gasteiger partial charge in [-0.3, -0.25) is 4.79 Å². The van der Waals surface area contributed by atoms with Gasteiger partial charge in [0.25, 0.3) is 0 Å². The van der Waals surface area contributed by atoms with Crippen LogP contribution >= 0.6 is 23.0 Å². The summed E-state index contributed by atoms with van der Waals surface area (Å²) in [5, 5.41) is 0. The number of hydrogen-bond donors (Lipinski definition) is 0. The molecule has 0 N–H and O–H groups in total.